The number of hydrogen-bond acceptors (Lipinski definition) is 12. The Morgan fingerprint density at radius 3 is 1.29 bits per heavy atom. The molecule has 0 aromatic carbocycles. The van der Waals surface area contributed by atoms with Gasteiger partial charge < -0.3 is 33.6 Å². The molecule has 12 nitrogen and oxygen atoms in total. The van der Waals surface area contributed by atoms with E-state index < -0.39 is 29.3 Å². The van der Waals surface area contributed by atoms with E-state index in [4.69, 9.17) is 23.4 Å². The third kappa shape index (κ3) is 11.0. The molecule has 8 saturated carbocycles. The van der Waals surface area contributed by atoms with Gasteiger partial charge in [-0.05, 0) is 219 Å². The van der Waals surface area contributed by atoms with Crippen LogP contribution >= 0.6 is 0 Å². The standard InChI is InChI=1S/C75H112O12/c1-66(2)54-27-33-70(9)40-45-15-19-52-68(5,6)60(31-37-72(52,11)49(45)17-21-56(70)74(54,13)35-29-58(66)77)86-64(81)25-23-62(79)84-43-47-42-83-48(39-51(47)76)44-85-63(80)24-26-65(82)87-61-32-38-73(12)50-18-22-57-71(10,41-46(50)16-20-53(73)69(61,7)8)34-28-55-67(3,4)59(78)30-36-75(55,57)14/h15-16,39,42,49-50,52-61,77-78H,17-38,40-41,43-44H2,1-14H3/t49-,50-,52-,53-,54-,55-,56-,57-,58+,59+,60+,61+,70-,71-,72+,73+,74-,75-/m0/s1. The zero-order valence-corrected chi connectivity index (χ0v) is 56.1. The fourth-order valence-electron chi connectivity index (χ4n) is 24.2. The van der Waals surface area contributed by atoms with Crippen LogP contribution in [0.25, 0.3) is 0 Å². The Morgan fingerprint density at radius 1 is 0.460 bits per heavy atom. The highest BCUT2D eigenvalue weighted by atomic mass is 16.6. The molecule has 0 spiro atoms. The number of fused-ring (bicyclic) bond motifs is 12. The Labute approximate surface area is 521 Å². The molecule has 10 aliphatic carbocycles. The Balaban J connectivity index is 0.604. The van der Waals surface area contributed by atoms with Crippen LogP contribution in [0, 0.1) is 101 Å². The largest absolute Gasteiger partial charge is 0.465 e. The van der Waals surface area contributed by atoms with Crippen LogP contribution in [0.1, 0.15) is 262 Å². The van der Waals surface area contributed by atoms with Crippen molar-refractivity contribution in [3.05, 3.63) is 57.2 Å². The fraction of sp³-hybridized carbons (Fsp3) is 0.827. The van der Waals surface area contributed by atoms with Crippen LogP contribution in [0.4, 0.5) is 0 Å². The number of esters is 4. The molecule has 0 radical (unpaired) electrons. The molecule has 1 heterocycles. The highest BCUT2D eigenvalue weighted by Gasteiger charge is 2.66. The maximum Gasteiger partial charge on any atom is 0.306 e. The molecule has 1 aromatic heterocycles. The van der Waals surface area contributed by atoms with Crippen LogP contribution in [0.2, 0.25) is 0 Å². The van der Waals surface area contributed by atoms with Gasteiger partial charge in [-0.25, -0.2) is 0 Å². The van der Waals surface area contributed by atoms with E-state index in [1.54, 1.807) is 11.1 Å². The zero-order chi connectivity index (χ0) is 62.9. The number of rotatable bonds is 12. The van der Waals surface area contributed by atoms with Gasteiger partial charge in [-0.1, -0.05) is 120 Å². The van der Waals surface area contributed by atoms with Crippen molar-refractivity contribution in [1.82, 2.24) is 0 Å². The summed E-state index contributed by atoms with van der Waals surface area (Å²) in [5, 5.41) is 22.3. The summed E-state index contributed by atoms with van der Waals surface area (Å²) in [6.45, 7) is 33.0. The minimum absolute atomic E-state index is 0.0704. The molecule has 87 heavy (non-hydrogen) atoms. The summed E-state index contributed by atoms with van der Waals surface area (Å²) in [6, 6.07) is 1.20. The first-order valence-electron chi connectivity index (χ1n) is 34.7. The van der Waals surface area contributed by atoms with Crippen LogP contribution in [0.3, 0.4) is 0 Å². The smallest absolute Gasteiger partial charge is 0.306 e. The van der Waals surface area contributed by atoms with E-state index in [1.165, 1.54) is 63.7 Å². The monoisotopic (exact) mass is 1200 g/mol. The number of aliphatic hydroxyl groups is 2. The lowest BCUT2D eigenvalue weighted by Gasteiger charge is -2.63. The number of hydrogen-bond donors (Lipinski definition) is 2. The maximum absolute atomic E-state index is 13.5. The van der Waals surface area contributed by atoms with Gasteiger partial charge in [-0.15, -0.1) is 0 Å². The first-order chi connectivity index (χ1) is 40.6. The summed E-state index contributed by atoms with van der Waals surface area (Å²) in [7, 11) is 0. The van der Waals surface area contributed by atoms with E-state index in [2.05, 4.69) is 109 Å². The minimum atomic E-state index is -0.629. The first-order valence-corrected chi connectivity index (χ1v) is 34.7. The van der Waals surface area contributed by atoms with Gasteiger partial charge >= 0.3 is 23.9 Å². The minimum Gasteiger partial charge on any atom is -0.465 e. The Kier molecular flexibility index (Phi) is 17.0. The van der Waals surface area contributed by atoms with Gasteiger partial charge in [0.05, 0.1) is 43.5 Å². The van der Waals surface area contributed by atoms with Gasteiger partial charge in [0.1, 0.15) is 37.4 Å². The second kappa shape index (κ2) is 22.8. The molecular weight excluding hydrogens is 1090 g/mol. The van der Waals surface area contributed by atoms with E-state index >= 15 is 0 Å². The predicted molar refractivity (Wildman–Crippen MR) is 335 cm³/mol. The van der Waals surface area contributed by atoms with Gasteiger partial charge in [0, 0.05) is 16.9 Å². The van der Waals surface area contributed by atoms with Crippen LogP contribution in [0.5, 0.6) is 0 Å². The van der Waals surface area contributed by atoms with Crippen molar-refractivity contribution in [2.24, 2.45) is 101 Å². The van der Waals surface area contributed by atoms with Crippen molar-refractivity contribution < 1.29 is 52.8 Å². The Morgan fingerprint density at radius 2 is 0.862 bits per heavy atom. The molecule has 484 valence electrons. The lowest BCUT2D eigenvalue weighted by atomic mass is 9.42. The fourth-order valence-corrected chi connectivity index (χ4v) is 24.2. The maximum atomic E-state index is 13.5. The average Bonchev–Trinajstić information content (AvgIpc) is 1.71. The van der Waals surface area contributed by atoms with Crippen molar-refractivity contribution >= 4 is 23.9 Å². The molecule has 0 amide bonds. The van der Waals surface area contributed by atoms with E-state index in [0.717, 1.165) is 77.0 Å². The molecule has 0 aliphatic heterocycles. The van der Waals surface area contributed by atoms with Crippen LogP contribution < -0.4 is 5.43 Å². The number of ether oxygens (including phenoxy) is 4. The molecule has 2 N–H and O–H groups in total. The number of aliphatic hydroxyl groups excluding tert-OH is 2. The first kappa shape index (κ1) is 64.7. The summed E-state index contributed by atoms with van der Waals surface area (Å²) in [5.74, 6) is 2.01. The molecule has 1 aromatic rings. The molecule has 8 fully saturated rings. The quantitative estimate of drug-likeness (QED) is 0.115. The number of carbonyl (C=O) groups excluding carboxylic acids is 4. The summed E-state index contributed by atoms with van der Waals surface area (Å²) >= 11 is 0. The summed E-state index contributed by atoms with van der Waals surface area (Å²) < 4.78 is 29.0. The van der Waals surface area contributed by atoms with Crippen molar-refractivity contribution in [3.8, 4) is 0 Å². The van der Waals surface area contributed by atoms with Crippen LogP contribution in [0.15, 0.2) is 44.8 Å². The van der Waals surface area contributed by atoms with Crippen molar-refractivity contribution in [1.29, 1.82) is 0 Å². The lowest BCUT2D eigenvalue weighted by Crippen LogP contribution is -2.58. The van der Waals surface area contributed by atoms with Crippen LogP contribution in [-0.4, -0.2) is 58.5 Å². The second-order valence-electron chi connectivity index (χ2n) is 34.9. The average molecular weight is 1210 g/mol. The predicted octanol–water partition coefficient (Wildman–Crippen LogP) is 15.7. The van der Waals surface area contributed by atoms with Gasteiger partial charge in [-0.3, -0.25) is 24.0 Å². The summed E-state index contributed by atoms with van der Waals surface area (Å²) in [5.41, 5.74) is 3.43. The third-order valence-electron chi connectivity index (χ3n) is 29.0. The topological polar surface area (TPSA) is 176 Å². The van der Waals surface area contributed by atoms with Gasteiger partial charge in [0.25, 0.3) is 0 Å². The molecule has 10 aliphatic rings. The molecule has 0 bridgehead atoms. The second-order valence-corrected chi connectivity index (χ2v) is 34.9. The van der Waals surface area contributed by atoms with E-state index in [0.29, 0.717) is 47.3 Å². The van der Waals surface area contributed by atoms with Gasteiger partial charge in [0.15, 0.2) is 5.43 Å². The molecule has 11 rings (SSSR count). The van der Waals surface area contributed by atoms with Crippen molar-refractivity contribution in [2.75, 3.05) is 0 Å². The molecular formula is C75H112O12. The highest BCUT2D eigenvalue weighted by molar-refractivity contribution is 5.78. The zero-order valence-electron chi connectivity index (χ0n) is 56.1. The molecule has 0 saturated heterocycles. The van der Waals surface area contributed by atoms with E-state index in [9.17, 15) is 34.2 Å². The lowest BCUT2D eigenvalue weighted by molar-refractivity contribution is -0.176. The highest BCUT2D eigenvalue weighted by Crippen LogP contribution is 2.73. The Hall–Kier alpha value is -3.77. The SMILES string of the molecule is CC1(C)[C@H](O)CC[C@@]2(C)[C@H]1CC[C@@]1(C)CC3=CC[C@H]4C(C)(C)[C@H](OC(=O)CCC(=O)OCc5cc(=O)c(COC(=O)CCC(=O)O[C@@H]6CC[C@]7(C)[C@H]8CC[C@H]9[C@@](C)(CC[C@H]%10C(C)(C)[C@H](O)CC[C@@]%109C)CC8=CC[C@H]7C6(C)C)co5)CC[C@]4(C)[C@H]3CC[C@@H]12. The van der Waals surface area contributed by atoms with E-state index in [1.807, 2.05) is 0 Å². The summed E-state index contributed by atoms with van der Waals surface area (Å²) in [4.78, 5) is 65.9. The van der Waals surface area contributed by atoms with Crippen molar-refractivity contribution in [2.45, 2.75) is 289 Å². The molecule has 12 heteroatoms. The van der Waals surface area contributed by atoms with Gasteiger partial charge in [-0.2, -0.15) is 0 Å². The molecule has 18 atom stereocenters. The Bertz CT molecular complexity index is 2940. The normalized spacial score (nSPS) is 42.9. The number of carbonyl (C=O) groups is 4. The van der Waals surface area contributed by atoms with Gasteiger partial charge in [0.2, 0.25) is 0 Å². The van der Waals surface area contributed by atoms with Crippen molar-refractivity contribution in [3.63, 3.8) is 0 Å². The van der Waals surface area contributed by atoms with E-state index in [-0.39, 0.29) is 129 Å². The summed E-state index contributed by atoms with van der Waals surface area (Å²) in [6.07, 6.45) is 26.2. The third-order valence-corrected chi connectivity index (χ3v) is 29.0. The molecule has 0 unspecified atom stereocenters. The van der Waals surface area contributed by atoms with Crippen LogP contribution in [-0.2, 0) is 51.3 Å². The number of allylic oxidation sites excluding steroid dienone is 4.